The number of methoxy groups -OCH3 is 1. The van der Waals surface area contributed by atoms with Gasteiger partial charge in [0.15, 0.2) is 0 Å². The van der Waals surface area contributed by atoms with E-state index < -0.39 is 0 Å². The SMILES string of the molecule is COCCOCNC(=O)N(CC(C)C)CC(C)C. The van der Waals surface area contributed by atoms with E-state index in [2.05, 4.69) is 33.0 Å². The van der Waals surface area contributed by atoms with Crippen molar-refractivity contribution in [2.45, 2.75) is 27.7 Å². The van der Waals surface area contributed by atoms with Gasteiger partial charge in [-0.2, -0.15) is 0 Å². The predicted molar refractivity (Wildman–Crippen MR) is 72.5 cm³/mol. The van der Waals surface area contributed by atoms with Crippen molar-refractivity contribution in [1.82, 2.24) is 10.2 Å². The minimum absolute atomic E-state index is 0.0604. The number of rotatable bonds is 9. The molecule has 0 aromatic rings. The molecule has 0 bridgehead atoms. The molecular weight excluding hydrogens is 232 g/mol. The van der Waals surface area contributed by atoms with Gasteiger partial charge in [-0.25, -0.2) is 4.79 Å². The van der Waals surface area contributed by atoms with Gasteiger partial charge < -0.3 is 19.7 Å². The summed E-state index contributed by atoms with van der Waals surface area (Å²) in [5, 5.41) is 2.76. The fourth-order valence-corrected chi connectivity index (χ4v) is 1.56. The Labute approximate surface area is 111 Å². The van der Waals surface area contributed by atoms with Crippen molar-refractivity contribution in [2.24, 2.45) is 11.8 Å². The third-order valence-corrected chi connectivity index (χ3v) is 2.22. The highest BCUT2D eigenvalue weighted by Gasteiger charge is 2.15. The van der Waals surface area contributed by atoms with Gasteiger partial charge in [0, 0.05) is 20.2 Å². The summed E-state index contributed by atoms with van der Waals surface area (Å²) in [6.45, 7) is 11.2. The molecule has 0 unspecified atom stereocenters. The van der Waals surface area contributed by atoms with Gasteiger partial charge in [-0.15, -0.1) is 0 Å². The fraction of sp³-hybridized carbons (Fsp3) is 0.923. The molecule has 0 aromatic carbocycles. The monoisotopic (exact) mass is 260 g/mol. The van der Waals surface area contributed by atoms with Crippen LogP contribution in [0, 0.1) is 11.8 Å². The molecule has 2 amide bonds. The van der Waals surface area contributed by atoms with Crippen molar-refractivity contribution in [2.75, 3.05) is 40.1 Å². The second-order valence-electron chi connectivity index (χ2n) is 5.22. The lowest BCUT2D eigenvalue weighted by Crippen LogP contribution is -2.44. The summed E-state index contributed by atoms with van der Waals surface area (Å²) in [7, 11) is 1.62. The fourth-order valence-electron chi connectivity index (χ4n) is 1.56. The summed E-state index contributed by atoms with van der Waals surface area (Å²) in [6.07, 6.45) is 0. The Morgan fingerprint density at radius 2 is 1.67 bits per heavy atom. The first-order valence-corrected chi connectivity index (χ1v) is 6.56. The van der Waals surface area contributed by atoms with Crippen LogP contribution in [0.4, 0.5) is 4.79 Å². The van der Waals surface area contributed by atoms with Crippen LogP contribution in [0.5, 0.6) is 0 Å². The van der Waals surface area contributed by atoms with Gasteiger partial charge in [0.1, 0.15) is 6.73 Å². The zero-order valence-corrected chi connectivity index (χ0v) is 12.4. The normalized spacial score (nSPS) is 11.1. The zero-order chi connectivity index (χ0) is 14.0. The summed E-state index contributed by atoms with van der Waals surface area (Å²) in [5.41, 5.74) is 0. The van der Waals surface area contributed by atoms with Crippen LogP contribution >= 0.6 is 0 Å². The van der Waals surface area contributed by atoms with Crippen molar-refractivity contribution >= 4 is 6.03 Å². The molecule has 0 aliphatic heterocycles. The van der Waals surface area contributed by atoms with Gasteiger partial charge in [-0.1, -0.05) is 27.7 Å². The number of urea groups is 1. The Balaban J connectivity index is 3.96. The number of nitrogens with one attached hydrogen (secondary N) is 1. The van der Waals surface area contributed by atoms with Gasteiger partial charge in [0.25, 0.3) is 0 Å². The van der Waals surface area contributed by atoms with E-state index in [0.29, 0.717) is 25.0 Å². The Morgan fingerprint density at radius 3 is 2.11 bits per heavy atom. The molecule has 0 aromatic heterocycles. The largest absolute Gasteiger partial charge is 0.382 e. The third-order valence-electron chi connectivity index (χ3n) is 2.22. The molecule has 0 spiro atoms. The van der Waals surface area contributed by atoms with Gasteiger partial charge in [-0.05, 0) is 11.8 Å². The molecule has 0 aliphatic carbocycles. The smallest absolute Gasteiger partial charge is 0.319 e. The van der Waals surface area contributed by atoms with Crippen LogP contribution in [0.1, 0.15) is 27.7 Å². The van der Waals surface area contributed by atoms with Gasteiger partial charge in [-0.3, -0.25) is 0 Å². The van der Waals surface area contributed by atoms with E-state index in [1.165, 1.54) is 0 Å². The number of carbonyl (C=O) groups excluding carboxylic acids is 1. The lowest BCUT2D eigenvalue weighted by Gasteiger charge is -2.26. The molecule has 108 valence electrons. The molecule has 0 radical (unpaired) electrons. The van der Waals surface area contributed by atoms with Gasteiger partial charge in [0.2, 0.25) is 0 Å². The van der Waals surface area contributed by atoms with E-state index >= 15 is 0 Å². The van der Waals surface area contributed by atoms with Crippen molar-refractivity contribution in [3.05, 3.63) is 0 Å². The molecule has 0 fully saturated rings. The number of nitrogens with zero attached hydrogens (tertiary/aromatic N) is 1. The Hall–Kier alpha value is -0.810. The maximum absolute atomic E-state index is 12.0. The van der Waals surface area contributed by atoms with Crippen molar-refractivity contribution < 1.29 is 14.3 Å². The van der Waals surface area contributed by atoms with Crippen LogP contribution in [0.15, 0.2) is 0 Å². The highest BCUT2D eigenvalue weighted by molar-refractivity contribution is 5.74. The molecule has 18 heavy (non-hydrogen) atoms. The highest BCUT2D eigenvalue weighted by atomic mass is 16.5. The minimum Gasteiger partial charge on any atom is -0.382 e. The molecule has 0 atom stereocenters. The van der Waals surface area contributed by atoms with E-state index in [1.807, 2.05) is 4.90 Å². The molecule has 0 rings (SSSR count). The van der Waals surface area contributed by atoms with Crippen molar-refractivity contribution in [3.8, 4) is 0 Å². The number of amides is 2. The number of carbonyl (C=O) groups is 1. The first-order valence-electron chi connectivity index (χ1n) is 6.56. The molecule has 0 saturated heterocycles. The van der Waals surface area contributed by atoms with E-state index in [0.717, 1.165) is 13.1 Å². The number of hydrogen-bond donors (Lipinski definition) is 1. The quantitative estimate of drug-likeness (QED) is 0.509. The van der Waals surface area contributed by atoms with Gasteiger partial charge in [0.05, 0.1) is 13.2 Å². The molecular formula is C13H28N2O3. The van der Waals surface area contributed by atoms with E-state index in [1.54, 1.807) is 7.11 Å². The molecule has 0 heterocycles. The summed E-state index contributed by atoms with van der Waals surface area (Å²) < 4.78 is 10.1. The summed E-state index contributed by atoms with van der Waals surface area (Å²) in [4.78, 5) is 13.8. The number of hydrogen-bond acceptors (Lipinski definition) is 3. The Kier molecular flexibility index (Phi) is 9.69. The molecule has 0 aliphatic rings. The highest BCUT2D eigenvalue weighted by Crippen LogP contribution is 2.03. The lowest BCUT2D eigenvalue weighted by atomic mass is 10.1. The summed E-state index contributed by atoms with van der Waals surface area (Å²) in [6, 6.07) is -0.0604. The van der Waals surface area contributed by atoms with Gasteiger partial charge >= 0.3 is 6.03 Å². The van der Waals surface area contributed by atoms with Crippen LogP contribution in [0.3, 0.4) is 0 Å². The lowest BCUT2D eigenvalue weighted by molar-refractivity contribution is 0.0610. The van der Waals surface area contributed by atoms with Crippen LogP contribution < -0.4 is 5.32 Å². The van der Waals surface area contributed by atoms with Crippen molar-refractivity contribution in [1.29, 1.82) is 0 Å². The minimum atomic E-state index is -0.0604. The average molecular weight is 260 g/mol. The maximum atomic E-state index is 12.0. The summed E-state index contributed by atoms with van der Waals surface area (Å²) >= 11 is 0. The molecule has 1 N–H and O–H groups in total. The van der Waals surface area contributed by atoms with E-state index in [9.17, 15) is 4.79 Å². The maximum Gasteiger partial charge on any atom is 0.319 e. The molecule has 0 saturated carbocycles. The molecule has 5 nitrogen and oxygen atoms in total. The first-order chi connectivity index (χ1) is 8.47. The van der Waals surface area contributed by atoms with Crippen LogP contribution in [-0.2, 0) is 9.47 Å². The Morgan fingerprint density at radius 1 is 1.11 bits per heavy atom. The first kappa shape index (κ1) is 17.2. The van der Waals surface area contributed by atoms with E-state index in [-0.39, 0.29) is 12.8 Å². The second kappa shape index (κ2) is 10.1. The second-order valence-corrected chi connectivity index (χ2v) is 5.22. The van der Waals surface area contributed by atoms with Crippen molar-refractivity contribution in [3.63, 3.8) is 0 Å². The third kappa shape index (κ3) is 9.24. The topological polar surface area (TPSA) is 50.8 Å². The average Bonchev–Trinajstić information content (AvgIpc) is 2.26. The number of ether oxygens (including phenoxy) is 2. The Bertz CT molecular complexity index is 210. The van der Waals surface area contributed by atoms with E-state index in [4.69, 9.17) is 9.47 Å². The zero-order valence-electron chi connectivity index (χ0n) is 12.4. The van der Waals surface area contributed by atoms with Crippen LogP contribution in [0.2, 0.25) is 0 Å². The van der Waals surface area contributed by atoms with Crippen LogP contribution in [-0.4, -0.2) is 51.1 Å². The van der Waals surface area contributed by atoms with Crippen LogP contribution in [0.25, 0.3) is 0 Å². The molecule has 5 heteroatoms. The standard InChI is InChI=1S/C13H28N2O3/c1-11(2)8-15(9-12(3)4)13(16)14-10-18-7-6-17-5/h11-12H,6-10H2,1-5H3,(H,14,16). The summed E-state index contributed by atoms with van der Waals surface area (Å²) in [5.74, 6) is 0.924. The predicted octanol–water partition coefficient (Wildman–Crippen LogP) is 1.93.